The number of piperidine rings is 3. The molecule has 5 heterocycles. The first-order valence-corrected chi connectivity index (χ1v) is 20.1. The minimum absolute atomic E-state index is 0.117. The lowest BCUT2D eigenvalue weighted by Gasteiger charge is -2.29. The number of nitrogens with zero attached hydrogens (tertiary/aromatic N) is 3. The molecular formula is C42H53N7O9. The number of nitrogens with one attached hydrogen (secondary N) is 3. The summed E-state index contributed by atoms with van der Waals surface area (Å²) in [6.07, 6.45) is 8.16. The summed E-state index contributed by atoms with van der Waals surface area (Å²) in [6.45, 7) is 7.29. The van der Waals surface area contributed by atoms with Gasteiger partial charge in [0.05, 0.1) is 0 Å². The first-order chi connectivity index (χ1) is 27.6. The number of amides is 7. The molecular weight excluding hydrogens is 747 g/mol. The largest absolute Gasteiger partial charge is 0.444 e. The number of fused-ring (bicyclic) bond motifs is 2. The Bertz CT molecular complexity index is 1980. The summed E-state index contributed by atoms with van der Waals surface area (Å²) in [5.41, 5.74) is 9.90. The van der Waals surface area contributed by atoms with Gasteiger partial charge in [0, 0.05) is 80.4 Å². The van der Waals surface area contributed by atoms with E-state index in [1.54, 1.807) is 28.0 Å². The molecule has 2 unspecified atom stereocenters. The lowest BCUT2D eigenvalue weighted by atomic mass is 9.95. The Morgan fingerprint density at radius 2 is 1.22 bits per heavy atom. The standard InChI is InChI=1S/C19H23N3O3.C13H13N3O3.C10H17NO3/c23-17-9-8-16(18(24)21-17)22-11-12-10-14(6-7-15(12)19(22)25)20-13-4-2-1-3-5-13;14-8-1-2-9-7(5-8)6-16(13(9)19)10-3-4-11(17)15-12(10)18;1-10(2,3)14-9(13)11-6-4-8(12)5-7-11/h6-7,10,13,16,20H,1-5,8-9,11H2,(H,21,23,24);1-2,5,10H,3-4,6,14H2,(H,15,17,18);4-7H2,1-3H3. The van der Waals surface area contributed by atoms with Crippen LogP contribution in [0.15, 0.2) is 36.4 Å². The Kier molecular flexibility index (Phi) is 12.8. The maximum atomic E-state index is 12.7. The third-order valence-corrected chi connectivity index (χ3v) is 11.0. The van der Waals surface area contributed by atoms with Gasteiger partial charge in [-0.2, -0.15) is 0 Å². The predicted octanol–water partition coefficient (Wildman–Crippen LogP) is 3.81. The Morgan fingerprint density at radius 3 is 1.74 bits per heavy atom. The van der Waals surface area contributed by atoms with Crippen LogP contribution in [0.3, 0.4) is 0 Å². The van der Waals surface area contributed by atoms with Gasteiger partial charge in [0.2, 0.25) is 23.6 Å². The molecule has 310 valence electrons. The number of imide groups is 2. The summed E-state index contributed by atoms with van der Waals surface area (Å²) in [7, 11) is 0. The van der Waals surface area contributed by atoms with Crippen molar-refractivity contribution in [3.8, 4) is 0 Å². The second-order valence-electron chi connectivity index (χ2n) is 16.6. The number of ether oxygens (including phenoxy) is 1. The van der Waals surface area contributed by atoms with Crippen molar-refractivity contribution in [2.45, 2.75) is 128 Å². The minimum atomic E-state index is -0.571. The number of likely N-dealkylation sites (tertiary alicyclic amines) is 1. The van der Waals surface area contributed by atoms with E-state index in [9.17, 15) is 38.4 Å². The topological polar surface area (TPSA) is 218 Å². The van der Waals surface area contributed by atoms with Gasteiger partial charge in [-0.25, -0.2) is 4.79 Å². The lowest BCUT2D eigenvalue weighted by Crippen LogP contribution is -2.52. The summed E-state index contributed by atoms with van der Waals surface area (Å²) in [6, 6.07) is 10.3. The Balaban J connectivity index is 0.000000153. The molecule has 0 bridgehead atoms. The molecule has 2 aromatic carbocycles. The van der Waals surface area contributed by atoms with Gasteiger partial charge in [-0.3, -0.25) is 44.2 Å². The molecule has 0 spiro atoms. The van der Waals surface area contributed by atoms with Gasteiger partial charge in [0.15, 0.2) is 0 Å². The molecule has 0 radical (unpaired) electrons. The fourth-order valence-electron chi connectivity index (χ4n) is 8.01. The molecule has 7 amide bonds. The zero-order chi connectivity index (χ0) is 41.7. The van der Waals surface area contributed by atoms with Crippen molar-refractivity contribution in [3.05, 3.63) is 58.7 Å². The number of nitrogens with two attached hydrogens (primary N) is 1. The Hall–Kier alpha value is -5.80. The van der Waals surface area contributed by atoms with Gasteiger partial charge in [-0.05, 0) is 94.0 Å². The Labute approximate surface area is 337 Å². The van der Waals surface area contributed by atoms with E-state index < -0.39 is 23.6 Å². The summed E-state index contributed by atoms with van der Waals surface area (Å²) >= 11 is 0. The molecule has 5 aliphatic heterocycles. The van der Waals surface area contributed by atoms with Crippen molar-refractivity contribution in [2.75, 3.05) is 24.1 Å². The highest BCUT2D eigenvalue weighted by molar-refractivity contribution is 6.06. The van der Waals surface area contributed by atoms with Crippen LogP contribution in [0.1, 0.15) is 123 Å². The lowest BCUT2D eigenvalue weighted by molar-refractivity contribution is -0.138. The molecule has 2 atom stereocenters. The van der Waals surface area contributed by atoms with Gasteiger partial charge in [-0.15, -0.1) is 0 Å². The SMILES string of the molecule is CC(C)(C)OC(=O)N1CCC(=O)CC1.Nc1ccc2c(c1)CN(C1CCC(=O)NC1=O)C2=O.O=C1CCC(N2Cc3cc(NC4CCCCC4)ccc3C2=O)C(=O)N1. The van der Waals surface area contributed by atoms with E-state index in [0.29, 0.717) is 74.7 Å². The van der Waals surface area contributed by atoms with Gasteiger partial charge in [0.25, 0.3) is 11.8 Å². The maximum absolute atomic E-state index is 12.7. The number of benzene rings is 2. The van der Waals surface area contributed by atoms with E-state index in [0.717, 1.165) is 16.8 Å². The molecule has 1 saturated carbocycles. The van der Waals surface area contributed by atoms with Crippen LogP contribution in [0.5, 0.6) is 0 Å². The van der Waals surface area contributed by atoms with Crippen LogP contribution in [-0.4, -0.2) is 98.8 Å². The van der Waals surface area contributed by atoms with Crippen molar-refractivity contribution in [1.82, 2.24) is 25.3 Å². The normalized spacial score (nSPS) is 22.2. The molecule has 16 heteroatoms. The van der Waals surface area contributed by atoms with E-state index in [-0.39, 0.29) is 54.3 Å². The third kappa shape index (κ3) is 10.2. The van der Waals surface area contributed by atoms with Gasteiger partial charge in [0.1, 0.15) is 23.5 Å². The van der Waals surface area contributed by atoms with Crippen molar-refractivity contribution in [1.29, 1.82) is 0 Å². The Morgan fingerprint density at radius 1 is 0.707 bits per heavy atom. The molecule has 2 aromatic rings. The van der Waals surface area contributed by atoms with Crippen LogP contribution in [-0.2, 0) is 41.8 Å². The van der Waals surface area contributed by atoms with Crippen LogP contribution in [0.2, 0.25) is 0 Å². The average molecular weight is 800 g/mol. The van der Waals surface area contributed by atoms with Crippen LogP contribution in [0, 0.1) is 0 Å². The molecule has 4 fully saturated rings. The summed E-state index contributed by atoms with van der Waals surface area (Å²) in [5, 5.41) is 8.18. The number of carbonyl (C=O) groups excluding carboxylic acids is 8. The number of anilines is 2. The maximum Gasteiger partial charge on any atom is 0.410 e. The molecule has 8 rings (SSSR count). The quantitative estimate of drug-likeness (QED) is 0.258. The van der Waals surface area contributed by atoms with Crippen molar-refractivity contribution < 1.29 is 43.1 Å². The van der Waals surface area contributed by atoms with Crippen LogP contribution >= 0.6 is 0 Å². The first kappa shape index (κ1) is 41.8. The van der Waals surface area contributed by atoms with Crippen LogP contribution < -0.4 is 21.7 Å². The summed E-state index contributed by atoms with van der Waals surface area (Å²) in [5.74, 6) is -1.37. The number of Topliss-reactive ketones (excluding diaryl/α,β-unsaturated/α-hetero) is 1. The number of ketones is 1. The molecule has 58 heavy (non-hydrogen) atoms. The van der Waals surface area contributed by atoms with Gasteiger partial charge < -0.3 is 30.5 Å². The smallest absolute Gasteiger partial charge is 0.410 e. The molecule has 5 N–H and O–H groups in total. The zero-order valence-electron chi connectivity index (χ0n) is 33.4. The van der Waals surface area contributed by atoms with Crippen LogP contribution in [0.25, 0.3) is 0 Å². The number of rotatable bonds is 4. The third-order valence-electron chi connectivity index (χ3n) is 11.0. The zero-order valence-corrected chi connectivity index (χ0v) is 33.4. The highest BCUT2D eigenvalue weighted by Crippen LogP contribution is 2.31. The highest BCUT2D eigenvalue weighted by atomic mass is 16.6. The van der Waals surface area contributed by atoms with E-state index in [1.807, 2.05) is 39.0 Å². The fourth-order valence-corrected chi connectivity index (χ4v) is 8.01. The molecule has 0 aromatic heterocycles. The summed E-state index contributed by atoms with van der Waals surface area (Å²) in [4.78, 5) is 98.4. The molecule has 6 aliphatic rings. The molecule has 16 nitrogen and oxygen atoms in total. The molecule has 1 aliphatic carbocycles. The number of nitrogen functional groups attached to an aromatic ring is 1. The predicted molar refractivity (Wildman–Crippen MR) is 212 cm³/mol. The van der Waals surface area contributed by atoms with E-state index in [4.69, 9.17) is 10.5 Å². The van der Waals surface area contributed by atoms with Crippen LogP contribution in [0.4, 0.5) is 16.2 Å². The van der Waals surface area contributed by atoms with E-state index in [1.165, 1.54) is 37.0 Å². The van der Waals surface area contributed by atoms with Crippen molar-refractivity contribution >= 4 is 58.7 Å². The van der Waals surface area contributed by atoms with E-state index in [2.05, 4.69) is 16.0 Å². The second kappa shape index (κ2) is 17.8. The number of carbonyl (C=O) groups is 8. The van der Waals surface area contributed by atoms with Gasteiger partial charge in [-0.1, -0.05) is 19.3 Å². The summed E-state index contributed by atoms with van der Waals surface area (Å²) < 4.78 is 5.19. The second-order valence-corrected chi connectivity index (χ2v) is 16.6. The van der Waals surface area contributed by atoms with Crippen molar-refractivity contribution in [3.63, 3.8) is 0 Å². The fraction of sp³-hybridized carbons (Fsp3) is 0.524. The van der Waals surface area contributed by atoms with Gasteiger partial charge >= 0.3 is 6.09 Å². The van der Waals surface area contributed by atoms with Crippen molar-refractivity contribution in [2.24, 2.45) is 0 Å². The number of hydrogen-bond acceptors (Lipinski definition) is 11. The minimum Gasteiger partial charge on any atom is -0.444 e. The van der Waals surface area contributed by atoms with E-state index >= 15 is 0 Å². The molecule has 3 saturated heterocycles. The first-order valence-electron chi connectivity index (χ1n) is 20.1. The number of hydrogen-bond donors (Lipinski definition) is 4. The monoisotopic (exact) mass is 799 g/mol. The highest BCUT2D eigenvalue weighted by Gasteiger charge is 2.40. The average Bonchev–Trinajstić information content (AvgIpc) is 3.66.